The quantitative estimate of drug-likeness (QED) is 0.358. The fourth-order valence-corrected chi connectivity index (χ4v) is 5.84. The molecule has 3 aliphatic heterocycles. The van der Waals surface area contributed by atoms with Gasteiger partial charge >= 0.3 is 5.97 Å². The van der Waals surface area contributed by atoms with E-state index in [4.69, 9.17) is 14.2 Å². The van der Waals surface area contributed by atoms with E-state index in [9.17, 15) is 14.4 Å². The first-order chi connectivity index (χ1) is 18.5. The Morgan fingerprint density at radius 1 is 0.947 bits per heavy atom. The van der Waals surface area contributed by atoms with E-state index in [1.165, 1.54) is 12.0 Å². The van der Waals surface area contributed by atoms with Crippen molar-refractivity contribution in [3.63, 3.8) is 0 Å². The summed E-state index contributed by atoms with van der Waals surface area (Å²) in [5, 5.41) is 0. The van der Waals surface area contributed by atoms with Gasteiger partial charge in [0.15, 0.2) is 12.4 Å². The highest BCUT2D eigenvalue weighted by Crippen LogP contribution is 2.55. The summed E-state index contributed by atoms with van der Waals surface area (Å²) in [7, 11) is 1.31. The lowest BCUT2D eigenvalue weighted by atomic mass is 9.72. The summed E-state index contributed by atoms with van der Waals surface area (Å²) >= 11 is 0. The van der Waals surface area contributed by atoms with Crippen molar-refractivity contribution in [2.24, 2.45) is 0 Å². The van der Waals surface area contributed by atoms with Crippen LogP contribution in [0.5, 0.6) is 0 Å². The largest absolute Gasteiger partial charge is 0.467 e. The SMILES string of the molecule is COC(=O)C(Cc1ccccc1)N1C(=O)[C@@]2(O[C@H]3CN(Cc4ccccc4)C(=O)[C@@H]2O3)[C@H]1c1ccccc1. The molecule has 0 saturated carbocycles. The molecule has 3 aromatic carbocycles. The number of morpholine rings is 1. The molecule has 3 saturated heterocycles. The van der Waals surface area contributed by atoms with E-state index in [1.807, 2.05) is 91.0 Å². The molecule has 2 bridgehead atoms. The number of carbonyl (C=O) groups is 3. The summed E-state index contributed by atoms with van der Waals surface area (Å²) in [6, 6.07) is 26.9. The summed E-state index contributed by atoms with van der Waals surface area (Å²) < 4.78 is 17.5. The van der Waals surface area contributed by atoms with E-state index in [1.54, 1.807) is 4.90 Å². The molecule has 1 unspecified atom stereocenters. The predicted molar refractivity (Wildman–Crippen MR) is 136 cm³/mol. The van der Waals surface area contributed by atoms with Crippen molar-refractivity contribution >= 4 is 17.8 Å². The maximum atomic E-state index is 14.1. The highest BCUT2D eigenvalue weighted by Gasteiger charge is 2.76. The number of esters is 1. The van der Waals surface area contributed by atoms with Crippen LogP contribution >= 0.6 is 0 Å². The van der Waals surface area contributed by atoms with Gasteiger partial charge in [-0.3, -0.25) is 9.59 Å². The van der Waals surface area contributed by atoms with Crippen molar-refractivity contribution in [1.82, 2.24) is 9.80 Å². The maximum Gasteiger partial charge on any atom is 0.328 e. The minimum absolute atomic E-state index is 0.214. The van der Waals surface area contributed by atoms with Gasteiger partial charge < -0.3 is 24.0 Å². The number of fused-ring (bicyclic) bond motifs is 3. The molecule has 3 aromatic rings. The van der Waals surface area contributed by atoms with Gasteiger partial charge in [-0.05, 0) is 16.7 Å². The average Bonchev–Trinajstić information content (AvgIpc) is 3.31. The second-order valence-electron chi connectivity index (χ2n) is 9.82. The van der Waals surface area contributed by atoms with Crippen LogP contribution in [0.3, 0.4) is 0 Å². The molecule has 3 heterocycles. The molecular weight excluding hydrogens is 484 g/mol. The van der Waals surface area contributed by atoms with E-state index in [0.717, 1.165) is 16.7 Å². The number of rotatable bonds is 7. The Bertz CT molecular complexity index is 1330. The monoisotopic (exact) mass is 512 g/mol. The summed E-state index contributed by atoms with van der Waals surface area (Å²) in [6.45, 7) is 0.605. The molecule has 5 atom stereocenters. The third kappa shape index (κ3) is 3.88. The minimum atomic E-state index is -1.56. The predicted octanol–water partition coefficient (Wildman–Crippen LogP) is 2.88. The number of β-lactam (4-membered cyclic amide) rings is 1. The van der Waals surface area contributed by atoms with E-state index < -0.39 is 42.0 Å². The van der Waals surface area contributed by atoms with Crippen LogP contribution in [0.15, 0.2) is 91.0 Å². The number of nitrogens with zero attached hydrogens (tertiary/aromatic N) is 2. The van der Waals surface area contributed by atoms with Gasteiger partial charge in [-0.2, -0.15) is 0 Å². The van der Waals surface area contributed by atoms with Gasteiger partial charge in [0.2, 0.25) is 5.60 Å². The standard InChI is InChI=1S/C30H28N2O6/c1-36-28(34)23(17-20-11-5-2-6-12-20)32-25(22-15-9-4-10-16-22)30(29(32)35)26-27(33)31(19-24(37-26)38-30)18-21-13-7-3-8-14-21/h2-16,23-26H,17-19H2,1H3/t23?,24-,25+,26-,30+/m0/s1. The van der Waals surface area contributed by atoms with E-state index >= 15 is 0 Å². The molecular formula is C30H28N2O6. The van der Waals surface area contributed by atoms with Crippen LogP contribution < -0.4 is 0 Å². The van der Waals surface area contributed by atoms with Crippen LogP contribution in [-0.4, -0.2) is 65.3 Å². The van der Waals surface area contributed by atoms with Crippen LogP contribution in [0.1, 0.15) is 22.7 Å². The van der Waals surface area contributed by atoms with Crippen molar-refractivity contribution in [3.8, 4) is 0 Å². The molecule has 3 fully saturated rings. The zero-order valence-corrected chi connectivity index (χ0v) is 20.9. The Kier molecular flexibility index (Phi) is 6.21. The number of ether oxygens (including phenoxy) is 3. The van der Waals surface area contributed by atoms with E-state index in [2.05, 4.69) is 0 Å². The summed E-state index contributed by atoms with van der Waals surface area (Å²) in [5.41, 5.74) is 1.06. The molecule has 194 valence electrons. The number of benzene rings is 3. The van der Waals surface area contributed by atoms with Crippen LogP contribution in [0, 0.1) is 0 Å². The molecule has 0 aliphatic carbocycles. The van der Waals surface area contributed by atoms with E-state index in [0.29, 0.717) is 6.54 Å². The zero-order chi connectivity index (χ0) is 26.3. The van der Waals surface area contributed by atoms with Crippen molar-refractivity contribution in [2.75, 3.05) is 13.7 Å². The Balaban J connectivity index is 1.37. The first-order valence-corrected chi connectivity index (χ1v) is 12.7. The number of hydrogen-bond acceptors (Lipinski definition) is 6. The lowest BCUT2D eigenvalue weighted by molar-refractivity contribution is -0.212. The van der Waals surface area contributed by atoms with Crippen molar-refractivity contribution < 1.29 is 28.6 Å². The molecule has 3 aliphatic rings. The van der Waals surface area contributed by atoms with Crippen LogP contribution in [0.2, 0.25) is 0 Å². The Morgan fingerprint density at radius 3 is 2.18 bits per heavy atom. The lowest BCUT2D eigenvalue weighted by Gasteiger charge is -2.56. The van der Waals surface area contributed by atoms with Crippen molar-refractivity contribution in [1.29, 1.82) is 0 Å². The Hall–Kier alpha value is -4.01. The van der Waals surface area contributed by atoms with Crippen molar-refractivity contribution in [3.05, 3.63) is 108 Å². The zero-order valence-electron chi connectivity index (χ0n) is 20.9. The average molecular weight is 513 g/mol. The highest BCUT2D eigenvalue weighted by atomic mass is 16.8. The number of hydrogen-bond donors (Lipinski definition) is 0. The number of amides is 2. The number of likely N-dealkylation sites (tertiary alicyclic amines) is 1. The summed E-state index contributed by atoms with van der Waals surface area (Å²) in [5.74, 6) is -1.27. The summed E-state index contributed by atoms with van der Waals surface area (Å²) in [4.78, 5) is 44.1. The number of methoxy groups -OCH3 is 1. The molecule has 0 aromatic heterocycles. The minimum Gasteiger partial charge on any atom is -0.467 e. The van der Waals surface area contributed by atoms with Gasteiger partial charge in [-0.15, -0.1) is 0 Å². The second-order valence-corrected chi connectivity index (χ2v) is 9.82. The van der Waals surface area contributed by atoms with Crippen LogP contribution in [-0.2, 0) is 41.6 Å². The normalized spacial score (nSPS) is 26.8. The highest BCUT2D eigenvalue weighted by molar-refractivity contribution is 6.03. The third-order valence-corrected chi connectivity index (χ3v) is 7.57. The van der Waals surface area contributed by atoms with Gasteiger partial charge in [0.1, 0.15) is 6.04 Å². The topological polar surface area (TPSA) is 85.4 Å². The first-order valence-electron chi connectivity index (χ1n) is 12.7. The third-order valence-electron chi connectivity index (χ3n) is 7.57. The molecule has 1 spiro atoms. The number of carbonyl (C=O) groups excluding carboxylic acids is 3. The molecule has 2 amide bonds. The molecule has 0 N–H and O–H groups in total. The van der Waals surface area contributed by atoms with E-state index in [-0.39, 0.29) is 18.9 Å². The lowest BCUT2D eigenvalue weighted by Crippen LogP contribution is -2.76. The van der Waals surface area contributed by atoms with Gasteiger partial charge in [0.25, 0.3) is 11.8 Å². The van der Waals surface area contributed by atoms with Crippen LogP contribution in [0.25, 0.3) is 0 Å². The Morgan fingerprint density at radius 2 is 1.55 bits per heavy atom. The van der Waals surface area contributed by atoms with Gasteiger partial charge in [-0.1, -0.05) is 91.0 Å². The molecule has 0 radical (unpaired) electrons. The van der Waals surface area contributed by atoms with Gasteiger partial charge in [-0.25, -0.2) is 4.79 Å². The molecule has 38 heavy (non-hydrogen) atoms. The molecule has 6 rings (SSSR count). The fourth-order valence-electron chi connectivity index (χ4n) is 5.84. The Labute approximate surface area is 220 Å². The van der Waals surface area contributed by atoms with Gasteiger partial charge in [0.05, 0.1) is 19.7 Å². The van der Waals surface area contributed by atoms with Crippen LogP contribution in [0.4, 0.5) is 0 Å². The summed E-state index contributed by atoms with van der Waals surface area (Å²) in [6.07, 6.45) is -1.60. The first kappa shape index (κ1) is 24.3. The smallest absolute Gasteiger partial charge is 0.328 e. The second kappa shape index (κ2) is 9.70. The van der Waals surface area contributed by atoms with Gasteiger partial charge in [0, 0.05) is 13.0 Å². The molecule has 8 nitrogen and oxygen atoms in total. The fraction of sp³-hybridized carbons (Fsp3) is 0.300. The molecule has 8 heteroatoms. The van der Waals surface area contributed by atoms with Crippen molar-refractivity contribution in [2.45, 2.75) is 43.0 Å². The maximum absolute atomic E-state index is 14.1.